The van der Waals surface area contributed by atoms with Crippen LogP contribution in [0.25, 0.3) is 0 Å². The summed E-state index contributed by atoms with van der Waals surface area (Å²) in [5.41, 5.74) is 0. The second kappa shape index (κ2) is 7.69. The number of likely N-dealkylation sites (N-methyl/N-ethyl adjacent to an activating group) is 1. The number of furan rings is 1. The predicted molar refractivity (Wildman–Crippen MR) is 87.5 cm³/mol. The minimum atomic E-state index is -0.769. The van der Waals surface area contributed by atoms with Crippen LogP contribution in [0.15, 0.2) is 22.8 Å². The largest absolute Gasteiger partial charge is 0.467 e. The Kier molecular flexibility index (Phi) is 5.37. The molecule has 3 rings (SSSR count). The first-order chi connectivity index (χ1) is 12.1. The molecule has 2 aliphatic heterocycles. The van der Waals surface area contributed by atoms with Crippen molar-refractivity contribution in [3.8, 4) is 0 Å². The second-order valence-corrected chi connectivity index (χ2v) is 6.22. The molecular formula is C17H23N3O5. The molecule has 1 aromatic rings. The Morgan fingerprint density at radius 1 is 1.32 bits per heavy atom. The number of hydrogen-bond acceptors (Lipinski definition) is 5. The number of amides is 4. The highest BCUT2D eigenvalue weighted by molar-refractivity contribution is 6.38. The summed E-state index contributed by atoms with van der Waals surface area (Å²) in [5.74, 6) is -0.774. The summed E-state index contributed by atoms with van der Waals surface area (Å²) < 4.78 is 11.0. The molecule has 0 unspecified atom stereocenters. The van der Waals surface area contributed by atoms with Gasteiger partial charge in [0.25, 0.3) is 0 Å². The quantitative estimate of drug-likeness (QED) is 0.743. The standard InChI is InChI=1S/C17H23N3O5/c1-2-18-7-8-20(16(22)15(18)21)17(23)19(11-13-5-3-9-24-13)12-14-6-4-10-25-14/h3,5,9,14H,2,4,6-8,10-12H2,1H3/t14-/m1/s1. The van der Waals surface area contributed by atoms with Crippen LogP contribution in [0, 0.1) is 0 Å². The minimum Gasteiger partial charge on any atom is -0.467 e. The number of imide groups is 1. The third-order valence-corrected chi connectivity index (χ3v) is 4.57. The van der Waals surface area contributed by atoms with Gasteiger partial charge in [-0.25, -0.2) is 4.79 Å². The molecule has 0 spiro atoms. The van der Waals surface area contributed by atoms with Gasteiger partial charge in [0.05, 0.1) is 18.9 Å². The van der Waals surface area contributed by atoms with Crippen LogP contribution in [-0.2, 0) is 20.9 Å². The Morgan fingerprint density at radius 2 is 2.16 bits per heavy atom. The molecule has 0 radical (unpaired) electrons. The van der Waals surface area contributed by atoms with Gasteiger partial charge in [0.2, 0.25) is 0 Å². The summed E-state index contributed by atoms with van der Waals surface area (Å²) in [6.07, 6.45) is 3.32. The van der Waals surface area contributed by atoms with Crippen molar-refractivity contribution in [1.82, 2.24) is 14.7 Å². The smallest absolute Gasteiger partial charge is 0.327 e. The Morgan fingerprint density at radius 3 is 2.80 bits per heavy atom. The van der Waals surface area contributed by atoms with Gasteiger partial charge in [0, 0.05) is 32.8 Å². The summed E-state index contributed by atoms with van der Waals surface area (Å²) in [4.78, 5) is 41.3. The van der Waals surface area contributed by atoms with Crippen molar-refractivity contribution in [3.05, 3.63) is 24.2 Å². The van der Waals surface area contributed by atoms with Crippen LogP contribution in [-0.4, -0.2) is 71.4 Å². The molecule has 2 aliphatic rings. The van der Waals surface area contributed by atoms with Crippen LogP contribution in [0.4, 0.5) is 4.79 Å². The molecular weight excluding hydrogens is 326 g/mol. The van der Waals surface area contributed by atoms with E-state index in [1.165, 1.54) is 9.80 Å². The monoisotopic (exact) mass is 349 g/mol. The van der Waals surface area contributed by atoms with E-state index in [0.717, 1.165) is 17.7 Å². The molecule has 1 atom stereocenters. The van der Waals surface area contributed by atoms with E-state index in [1.807, 2.05) is 6.92 Å². The molecule has 4 amide bonds. The number of urea groups is 1. The zero-order chi connectivity index (χ0) is 17.8. The number of carbonyl (C=O) groups is 3. The fraction of sp³-hybridized carbons (Fsp3) is 0.588. The van der Waals surface area contributed by atoms with Crippen molar-refractivity contribution in [2.45, 2.75) is 32.4 Å². The average molecular weight is 349 g/mol. The van der Waals surface area contributed by atoms with Crippen molar-refractivity contribution >= 4 is 17.8 Å². The van der Waals surface area contributed by atoms with Crippen molar-refractivity contribution in [3.63, 3.8) is 0 Å². The van der Waals surface area contributed by atoms with Crippen molar-refractivity contribution in [2.75, 3.05) is 32.8 Å². The molecule has 0 saturated carbocycles. The number of nitrogens with zero attached hydrogens (tertiary/aromatic N) is 3. The Labute approximate surface area is 146 Å². The van der Waals surface area contributed by atoms with Crippen LogP contribution >= 0.6 is 0 Å². The summed E-state index contributed by atoms with van der Waals surface area (Å²) in [6, 6.07) is 3.05. The molecule has 8 nitrogen and oxygen atoms in total. The maximum atomic E-state index is 12.9. The molecule has 136 valence electrons. The van der Waals surface area contributed by atoms with Gasteiger partial charge in [-0.05, 0) is 31.9 Å². The lowest BCUT2D eigenvalue weighted by Gasteiger charge is -2.35. The maximum absolute atomic E-state index is 12.9. The normalized spacial score (nSPS) is 21.1. The maximum Gasteiger partial charge on any atom is 0.327 e. The van der Waals surface area contributed by atoms with Crippen LogP contribution < -0.4 is 0 Å². The molecule has 25 heavy (non-hydrogen) atoms. The highest BCUT2D eigenvalue weighted by Gasteiger charge is 2.38. The highest BCUT2D eigenvalue weighted by atomic mass is 16.5. The first-order valence-corrected chi connectivity index (χ1v) is 8.63. The van der Waals surface area contributed by atoms with Crippen LogP contribution in [0.2, 0.25) is 0 Å². The lowest BCUT2D eigenvalue weighted by Crippen LogP contribution is -2.59. The summed E-state index contributed by atoms with van der Waals surface area (Å²) in [6.45, 7) is 4.12. The molecule has 3 heterocycles. The van der Waals surface area contributed by atoms with E-state index in [9.17, 15) is 14.4 Å². The molecule has 0 bridgehead atoms. The third-order valence-electron chi connectivity index (χ3n) is 4.57. The van der Waals surface area contributed by atoms with Gasteiger partial charge in [0.15, 0.2) is 0 Å². The van der Waals surface area contributed by atoms with E-state index in [-0.39, 0.29) is 19.2 Å². The topological polar surface area (TPSA) is 83.3 Å². The van der Waals surface area contributed by atoms with E-state index in [0.29, 0.717) is 32.0 Å². The molecule has 0 aromatic carbocycles. The molecule has 8 heteroatoms. The van der Waals surface area contributed by atoms with Gasteiger partial charge in [-0.2, -0.15) is 0 Å². The van der Waals surface area contributed by atoms with Gasteiger partial charge in [-0.15, -0.1) is 0 Å². The second-order valence-electron chi connectivity index (χ2n) is 6.22. The fourth-order valence-electron chi connectivity index (χ4n) is 3.16. The van der Waals surface area contributed by atoms with Crippen molar-refractivity contribution in [1.29, 1.82) is 0 Å². The molecule has 2 saturated heterocycles. The fourth-order valence-corrected chi connectivity index (χ4v) is 3.16. The zero-order valence-corrected chi connectivity index (χ0v) is 14.3. The minimum absolute atomic E-state index is 0.0540. The molecule has 0 aliphatic carbocycles. The van der Waals surface area contributed by atoms with E-state index in [1.54, 1.807) is 18.4 Å². The van der Waals surface area contributed by atoms with Crippen molar-refractivity contribution < 1.29 is 23.5 Å². The van der Waals surface area contributed by atoms with Gasteiger partial charge in [0.1, 0.15) is 5.76 Å². The number of hydrogen-bond donors (Lipinski definition) is 0. The predicted octanol–water partition coefficient (Wildman–Crippen LogP) is 1.07. The lowest BCUT2D eigenvalue weighted by molar-refractivity contribution is -0.154. The summed E-state index contributed by atoms with van der Waals surface area (Å²) >= 11 is 0. The van der Waals surface area contributed by atoms with E-state index >= 15 is 0 Å². The number of rotatable bonds is 5. The molecule has 2 fully saturated rings. The van der Waals surface area contributed by atoms with Crippen LogP contribution in [0.1, 0.15) is 25.5 Å². The average Bonchev–Trinajstić information content (AvgIpc) is 3.30. The Balaban J connectivity index is 1.73. The Bertz CT molecular complexity index is 624. The lowest BCUT2D eigenvalue weighted by atomic mass is 10.2. The number of carbonyl (C=O) groups excluding carboxylic acids is 3. The van der Waals surface area contributed by atoms with E-state index in [4.69, 9.17) is 9.15 Å². The Hall–Kier alpha value is -2.35. The van der Waals surface area contributed by atoms with Gasteiger partial charge in [-0.3, -0.25) is 14.5 Å². The highest BCUT2D eigenvalue weighted by Crippen LogP contribution is 2.18. The number of ether oxygens (including phenoxy) is 1. The van der Waals surface area contributed by atoms with Gasteiger partial charge < -0.3 is 19.0 Å². The molecule has 1 aromatic heterocycles. The summed E-state index contributed by atoms with van der Waals surface area (Å²) in [7, 11) is 0. The van der Waals surface area contributed by atoms with Crippen molar-refractivity contribution in [2.24, 2.45) is 0 Å². The summed E-state index contributed by atoms with van der Waals surface area (Å²) in [5, 5.41) is 0. The SMILES string of the molecule is CCN1CCN(C(=O)N(Cc2ccco2)C[C@H]2CCCO2)C(=O)C1=O. The van der Waals surface area contributed by atoms with E-state index in [2.05, 4.69) is 0 Å². The zero-order valence-electron chi connectivity index (χ0n) is 14.3. The van der Waals surface area contributed by atoms with Gasteiger partial charge in [-0.1, -0.05) is 0 Å². The molecule has 0 N–H and O–H groups in total. The van der Waals surface area contributed by atoms with Gasteiger partial charge >= 0.3 is 17.8 Å². The van der Waals surface area contributed by atoms with Crippen LogP contribution in [0.3, 0.4) is 0 Å². The first kappa shape index (κ1) is 17.5. The van der Waals surface area contributed by atoms with Crippen LogP contribution in [0.5, 0.6) is 0 Å². The number of piperazine rings is 1. The first-order valence-electron chi connectivity index (χ1n) is 8.63. The third kappa shape index (κ3) is 3.84. The van der Waals surface area contributed by atoms with E-state index < -0.39 is 17.8 Å².